The Morgan fingerprint density at radius 3 is 2.70 bits per heavy atom. The molecule has 1 atom stereocenters. The number of carbonyl (C=O) groups is 1. The Labute approximate surface area is 155 Å². The minimum absolute atomic E-state index is 0.0413. The highest BCUT2D eigenvalue weighted by Crippen LogP contribution is 2.21. The number of nitrogens with zero attached hydrogens (tertiary/aromatic N) is 4. The molecule has 134 valence electrons. The molecule has 2 N–H and O–H groups in total. The van der Waals surface area contributed by atoms with Crippen molar-refractivity contribution < 1.29 is 9.90 Å². The van der Waals surface area contributed by atoms with E-state index in [0.717, 1.165) is 5.56 Å². The third-order valence-electron chi connectivity index (χ3n) is 4.33. The Bertz CT molecular complexity index is 1110. The zero-order chi connectivity index (χ0) is 18.8. The van der Waals surface area contributed by atoms with Crippen LogP contribution in [-0.4, -0.2) is 30.6 Å². The molecular weight excluding hydrogens is 342 g/mol. The van der Waals surface area contributed by atoms with Crippen LogP contribution in [0.2, 0.25) is 0 Å². The van der Waals surface area contributed by atoms with E-state index in [1.165, 1.54) is 6.07 Å². The maximum Gasteiger partial charge on any atom is 0.335 e. The molecule has 4 aromatic rings. The number of carboxylic acids is 1. The van der Waals surface area contributed by atoms with Gasteiger partial charge in [0.25, 0.3) is 0 Å². The van der Waals surface area contributed by atoms with Crippen LogP contribution in [0, 0.1) is 0 Å². The van der Waals surface area contributed by atoms with Gasteiger partial charge in [0.15, 0.2) is 0 Å². The molecule has 7 nitrogen and oxygen atoms in total. The van der Waals surface area contributed by atoms with Gasteiger partial charge in [-0.15, -0.1) is 0 Å². The zero-order valence-corrected chi connectivity index (χ0v) is 14.6. The van der Waals surface area contributed by atoms with Crippen LogP contribution >= 0.6 is 0 Å². The molecule has 0 bridgehead atoms. The van der Waals surface area contributed by atoms with E-state index < -0.39 is 5.97 Å². The molecule has 0 aliphatic carbocycles. The van der Waals surface area contributed by atoms with E-state index in [4.69, 9.17) is 0 Å². The van der Waals surface area contributed by atoms with Gasteiger partial charge in [-0.1, -0.05) is 30.3 Å². The van der Waals surface area contributed by atoms with Crippen LogP contribution in [-0.2, 0) is 0 Å². The highest BCUT2D eigenvalue weighted by Gasteiger charge is 2.12. The van der Waals surface area contributed by atoms with Crippen molar-refractivity contribution in [3.8, 4) is 5.82 Å². The lowest BCUT2D eigenvalue weighted by Crippen LogP contribution is -2.10. The number of anilines is 1. The highest BCUT2D eigenvalue weighted by atomic mass is 16.4. The fourth-order valence-corrected chi connectivity index (χ4v) is 2.89. The van der Waals surface area contributed by atoms with E-state index in [9.17, 15) is 9.90 Å². The summed E-state index contributed by atoms with van der Waals surface area (Å²) in [6.07, 6.45) is 3.29. The number of benzene rings is 2. The van der Waals surface area contributed by atoms with Crippen molar-refractivity contribution in [3.63, 3.8) is 0 Å². The van der Waals surface area contributed by atoms with Crippen molar-refractivity contribution in [2.24, 2.45) is 0 Å². The van der Waals surface area contributed by atoms with Crippen molar-refractivity contribution in [1.29, 1.82) is 0 Å². The van der Waals surface area contributed by atoms with Crippen molar-refractivity contribution in [3.05, 3.63) is 78.2 Å². The molecule has 27 heavy (non-hydrogen) atoms. The van der Waals surface area contributed by atoms with Crippen LogP contribution in [0.3, 0.4) is 0 Å². The van der Waals surface area contributed by atoms with Crippen LogP contribution in [0.5, 0.6) is 0 Å². The van der Waals surface area contributed by atoms with Crippen molar-refractivity contribution in [2.75, 3.05) is 5.32 Å². The molecule has 0 aliphatic heterocycles. The summed E-state index contributed by atoms with van der Waals surface area (Å²) in [6.45, 7) is 2.04. The molecular formula is C20H17N5O2. The molecule has 0 saturated heterocycles. The average Bonchev–Trinajstić information content (AvgIpc) is 3.12. The minimum Gasteiger partial charge on any atom is -0.478 e. The molecule has 0 radical (unpaired) electrons. The third-order valence-corrected chi connectivity index (χ3v) is 4.33. The van der Waals surface area contributed by atoms with Crippen LogP contribution in [0.15, 0.2) is 67.1 Å². The lowest BCUT2D eigenvalue weighted by atomic mass is 10.1. The van der Waals surface area contributed by atoms with Gasteiger partial charge in [0.2, 0.25) is 5.95 Å². The van der Waals surface area contributed by atoms with Crippen LogP contribution in [0.4, 0.5) is 5.95 Å². The monoisotopic (exact) mass is 359 g/mol. The van der Waals surface area contributed by atoms with Crippen molar-refractivity contribution in [2.45, 2.75) is 13.0 Å². The first kappa shape index (κ1) is 16.7. The fourth-order valence-electron chi connectivity index (χ4n) is 2.89. The lowest BCUT2D eigenvalue weighted by Gasteiger charge is -2.14. The summed E-state index contributed by atoms with van der Waals surface area (Å²) in [4.78, 5) is 24.4. The molecule has 4 rings (SSSR count). The summed E-state index contributed by atoms with van der Waals surface area (Å²) in [5.41, 5.74) is 2.71. The first-order valence-electron chi connectivity index (χ1n) is 8.47. The topological polar surface area (TPSA) is 92.9 Å². The van der Waals surface area contributed by atoms with Gasteiger partial charge < -0.3 is 10.4 Å². The Morgan fingerprint density at radius 1 is 1.11 bits per heavy atom. The number of rotatable bonds is 5. The number of imidazole rings is 1. The summed E-state index contributed by atoms with van der Waals surface area (Å²) < 4.78 is 1.75. The summed E-state index contributed by atoms with van der Waals surface area (Å²) >= 11 is 0. The van der Waals surface area contributed by atoms with Crippen molar-refractivity contribution in [1.82, 2.24) is 19.5 Å². The van der Waals surface area contributed by atoms with Gasteiger partial charge in [-0.3, -0.25) is 4.57 Å². The molecule has 2 aromatic heterocycles. The Kier molecular flexibility index (Phi) is 4.25. The quantitative estimate of drug-likeness (QED) is 0.564. The molecule has 0 aliphatic rings. The number of fused-ring (bicyclic) bond motifs is 1. The predicted molar refractivity (Wildman–Crippen MR) is 102 cm³/mol. The van der Waals surface area contributed by atoms with Gasteiger partial charge in [-0.25, -0.2) is 14.8 Å². The Hall–Kier alpha value is -3.74. The van der Waals surface area contributed by atoms with E-state index in [-0.39, 0.29) is 11.6 Å². The summed E-state index contributed by atoms with van der Waals surface area (Å²) in [5.74, 6) is 0.115. The summed E-state index contributed by atoms with van der Waals surface area (Å²) in [5, 5.41) is 12.5. The number of aromatic carboxylic acids is 1. The Morgan fingerprint density at radius 2 is 1.93 bits per heavy atom. The van der Waals surface area contributed by atoms with Crippen LogP contribution < -0.4 is 5.32 Å². The SMILES string of the molecule is C[C@H](Nc1nccc(-n2cnc3ccc(C(=O)O)cc32)n1)c1ccccc1. The zero-order valence-electron chi connectivity index (χ0n) is 14.6. The molecule has 2 heterocycles. The Balaban J connectivity index is 1.67. The first-order chi connectivity index (χ1) is 13.1. The highest BCUT2D eigenvalue weighted by molar-refractivity contribution is 5.92. The van der Waals surface area contributed by atoms with E-state index >= 15 is 0 Å². The van der Waals surface area contributed by atoms with Crippen LogP contribution in [0.1, 0.15) is 28.9 Å². The van der Waals surface area contributed by atoms with Gasteiger partial charge >= 0.3 is 5.97 Å². The number of nitrogens with one attached hydrogen (secondary N) is 1. The lowest BCUT2D eigenvalue weighted by molar-refractivity contribution is 0.0697. The second-order valence-corrected chi connectivity index (χ2v) is 6.14. The maximum atomic E-state index is 11.3. The molecule has 0 spiro atoms. The molecule has 0 unspecified atom stereocenters. The summed E-state index contributed by atoms with van der Waals surface area (Å²) in [6, 6.07) is 16.6. The fraction of sp³-hybridized carbons (Fsp3) is 0.100. The predicted octanol–water partition coefficient (Wildman–Crippen LogP) is 3.69. The smallest absolute Gasteiger partial charge is 0.335 e. The molecule has 0 saturated carbocycles. The minimum atomic E-state index is -0.980. The van der Waals surface area contributed by atoms with E-state index in [1.54, 1.807) is 35.3 Å². The number of aromatic nitrogens is 4. The van der Waals surface area contributed by atoms with E-state index in [2.05, 4.69) is 20.3 Å². The number of hydrogen-bond donors (Lipinski definition) is 2. The first-order valence-corrected chi connectivity index (χ1v) is 8.47. The van der Waals surface area contributed by atoms with Gasteiger partial charge in [0.05, 0.1) is 22.6 Å². The summed E-state index contributed by atoms with van der Waals surface area (Å²) in [7, 11) is 0. The van der Waals surface area contributed by atoms with E-state index in [1.807, 2.05) is 37.3 Å². The van der Waals surface area contributed by atoms with Gasteiger partial charge in [0.1, 0.15) is 12.1 Å². The second kappa shape index (κ2) is 6.87. The number of carboxylic acid groups (broad SMARTS) is 1. The number of hydrogen-bond acceptors (Lipinski definition) is 5. The van der Waals surface area contributed by atoms with Gasteiger partial charge in [-0.05, 0) is 36.8 Å². The molecule has 0 amide bonds. The van der Waals surface area contributed by atoms with Crippen LogP contribution in [0.25, 0.3) is 16.9 Å². The largest absolute Gasteiger partial charge is 0.478 e. The second-order valence-electron chi connectivity index (χ2n) is 6.14. The molecule has 0 fully saturated rings. The molecule has 7 heteroatoms. The van der Waals surface area contributed by atoms with E-state index in [0.29, 0.717) is 22.8 Å². The van der Waals surface area contributed by atoms with Crippen molar-refractivity contribution >= 4 is 23.0 Å². The average molecular weight is 359 g/mol. The normalized spacial score (nSPS) is 12.0. The van der Waals surface area contributed by atoms with Gasteiger partial charge in [0, 0.05) is 6.20 Å². The van der Waals surface area contributed by atoms with Gasteiger partial charge in [-0.2, -0.15) is 4.98 Å². The maximum absolute atomic E-state index is 11.3. The third kappa shape index (κ3) is 3.35. The standard InChI is InChI=1S/C20H17N5O2/c1-13(14-5-3-2-4-6-14)23-20-21-10-9-18(24-20)25-12-22-16-8-7-15(19(26)27)11-17(16)25/h2-13H,1H3,(H,26,27)(H,21,23,24)/t13-/m0/s1. The molecule has 2 aromatic carbocycles.